The molecule has 6 nitrogen and oxygen atoms in total. The summed E-state index contributed by atoms with van der Waals surface area (Å²) in [4.78, 5) is 13.3. The topological polar surface area (TPSA) is 76.8 Å². The van der Waals surface area contributed by atoms with Crippen molar-refractivity contribution in [3.8, 4) is 11.5 Å². The minimum Gasteiger partial charge on any atom is -0.493 e. The first-order valence-corrected chi connectivity index (χ1v) is 9.94. The number of benzene rings is 1. The number of carbonyl (C=O) groups excluding carboxylic acids is 1. The van der Waals surface area contributed by atoms with Crippen LogP contribution in [0.2, 0.25) is 5.02 Å². The van der Waals surface area contributed by atoms with E-state index in [0.717, 1.165) is 18.0 Å². The Labute approximate surface area is 167 Å². The number of nitrogens with two attached hydrogens (primary N) is 1. The molecule has 0 spiro atoms. The number of primary amides is 1. The Morgan fingerprint density at radius 1 is 1.33 bits per heavy atom. The second-order valence-electron chi connectivity index (χ2n) is 7.42. The molecule has 0 heterocycles. The highest BCUT2D eigenvalue weighted by molar-refractivity contribution is 6.32. The number of likely N-dealkylation sites (N-methyl/N-ethyl adjacent to an activating group) is 1. The molecule has 0 radical (unpaired) electrons. The van der Waals surface area contributed by atoms with Gasteiger partial charge in [-0.3, -0.25) is 4.79 Å². The van der Waals surface area contributed by atoms with Crippen LogP contribution in [-0.2, 0) is 11.3 Å². The van der Waals surface area contributed by atoms with Crippen LogP contribution < -0.4 is 20.5 Å². The van der Waals surface area contributed by atoms with Crippen LogP contribution in [0.3, 0.4) is 0 Å². The summed E-state index contributed by atoms with van der Waals surface area (Å²) in [5, 5.41) is 3.96. The first-order chi connectivity index (χ1) is 12.9. The SMILES string of the molecule is COc1cc(CNCC(C2CCCCC2)N(C)C)cc(Cl)c1OCC(N)=O. The highest BCUT2D eigenvalue weighted by Crippen LogP contribution is 2.36. The zero-order valence-electron chi connectivity index (χ0n) is 16.6. The summed E-state index contributed by atoms with van der Waals surface area (Å²) < 4.78 is 10.7. The Hall–Kier alpha value is -1.50. The number of methoxy groups -OCH3 is 1. The summed E-state index contributed by atoms with van der Waals surface area (Å²) in [6, 6.07) is 4.24. The number of hydrogen-bond donors (Lipinski definition) is 2. The van der Waals surface area contributed by atoms with Crippen LogP contribution in [0.25, 0.3) is 0 Å². The van der Waals surface area contributed by atoms with Gasteiger partial charge >= 0.3 is 0 Å². The van der Waals surface area contributed by atoms with E-state index in [1.165, 1.54) is 32.1 Å². The molecule has 3 N–H and O–H groups in total. The molecule has 7 heteroatoms. The zero-order valence-corrected chi connectivity index (χ0v) is 17.3. The lowest BCUT2D eigenvalue weighted by Gasteiger charge is -2.35. The smallest absolute Gasteiger partial charge is 0.255 e. The average molecular weight is 398 g/mol. The van der Waals surface area contributed by atoms with Crippen LogP contribution in [0.5, 0.6) is 11.5 Å². The van der Waals surface area contributed by atoms with E-state index in [4.69, 9.17) is 26.8 Å². The minimum absolute atomic E-state index is 0.237. The summed E-state index contributed by atoms with van der Waals surface area (Å²) in [7, 11) is 5.86. The van der Waals surface area contributed by atoms with E-state index in [2.05, 4.69) is 24.3 Å². The number of ether oxygens (including phenoxy) is 2. The summed E-state index contributed by atoms with van der Waals surface area (Å²) in [6.45, 7) is 1.38. The van der Waals surface area contributed by atoms with Crippen molar-refractivity contribution >= 4 is 17.5 Å². The number of carbonyl (C=O) groups is 1. The number of nitrogens with zero attached hydrogens (tertiary/aromatic N) is 1. The molecule has 0 bridgehead atoms. The summed E-state index contributed by atoms with van der Waals surface area (Å²) in [5.41, 5.74) is 6.13. The first-order valence-electron chi connectivity index (χ1n) is 9.57. The van der Waals surface area contributed by atoms with Crippen LogP contribution in [0, 0.1) is 5.92 Å². The van der Waals surface area contributed by atoms with Gasteiger partial charge in [0, 0.05) is 19.1 Å². The van der Waals surface area contributed by atoms with E-state index in [-0.39, 0.29) is 6.61 Å². The lowest BCUT2D eigenvalue weighted by molar-refractivity contribution is -0.119. The number of nitrogens with one attached hydrogen (secondary N) is 1. The van der Waals surface area contributed by atoms with Crippen molar-refractivity contribution in [2.45, 2.75) is 44.7 Å². The minimum atomic E-state index is -0.559. The van der Waals surface area contributed by atoms with E-state index in [1.807, 2.05) is 12.1 Å². The van der Waals surface area contributed by atoms with Crippen molar-refractivity contribution in [3.63, 3.8) is 0 Å². The largest absolute Gasteiger partial charge is 0.493 e. The Bertz CT molecular complexity index is 619. The molecule has 0 saturated heterocycles. The maximum Gasteiger partial charge on any atom is 0.255 e. The lowest BCUT2D eigenvalue weighted by atomic mass is 9.83. The van der Waals surface area contributed by atoms with Crippen LogP contribution in [0.15, 0.2) is 12.1 Å². The van der Waals surface area contributed by atoms with Gasteiger partial charge < -0.3 is 25.4 Å². The van der Waals surface area contributed by atoms with Gasteiger partial charge in [0.1, 0.15) is 0 Å². The molecular formula is C20H32ClN3O3. The molecule has 1 atom stereocenters. The fraction of sp³-hybridized carbons (Fsp3) is 0.650. The quantitative estimate of drug-likeness (QED) is 0.634. The van der Waals surface area contributed by atoms with Gasteiger partial charge in [0.2, 0.25) is 0 Å². The number of hydrogen-bond acceptors (Lipinski definition) is 5. The summed E-state index contributed by atoms with van der Waals surface area (Å²) >= 11 is 6.32. The number of rotatable bonds is 10. The number of amides is 1. The Kier molecular flexibility index (Phi) is 8.67. The second-order valence-corrected chi connectivity index (χ2v) is 7.83. The molecule has 1 amide bonds. The molecule has 1 aliphatic carbocycles. The fourth-order valence-electron chi connectivity index (χ4n) is 3.81. The van der Waals surface area contributed by atoms with Crippen LogP contribution in [0.1, 0.15) is 37.7 Å². The van der Waals surface area contributed by atoms with Crippen molar-refractivity contribution in [1.29, 1.82) is 0 Å². The van der Waals surface area contributed by atoms with Gasteiger partial charge in [0.15, 0.2) is 18.1 Å². The summed E-state index contributed by atoms with van der Waals surface area (Å²) in [6.07, 6.45) is 6.68. The van der Waals surface area contributed by atoms with Crippen LogP contribution in [-0.4, -0.2) is 51.2 Å². The normalized spacial score (nSPS) is 16.3. The maximum absolute atomic E-state index is 10.9. The molecule has 1 saturated carbocycles. The Morgan fingerprint density at radius 3 is 2.63 bits per heavy atom. The van der Waals surface area contributed by atoms with E-state index in [1.54, 1.807) is 7.11 Å². The van der Waals surface area contributed by atoms with Gasteiger partial charge in [-0.05, 0) is 50.6 Å². The monoisotopic (exact) mass is 397 g/mol. The third-order valence-corrected chi connectivity index (χ3v) is 5.47. The third kappa shape index (κ3) is 6.55. The Balaban J connectivity index is 1.97. The molecule has 0 aromatic heterocycles. The zero-order chi connectivity index (χ0) is 19.8. The van der Waals surface area contributed by atoms with Gasteiger partial charge in [-0.15, -0.1) is 0 Å². The van der Waals surface area contributed by atoms with Gasteiger partial charge in [-0.1, -0.05) is 30.9 Å². The van der Waals surface area contributed by atoms with E-state index in [9.17, 15) is 4.79 Å². The predicted molar refractivity (Wildman–Crippen MR) is 108 cm³/mol. The molecular weight excluding hydrogens is 366 g/mol. The van der Waals surface area contributed by atoms with Crippen molar-refractivity contribution < 1.29 is 14.3 Å². The molecule has 1 fully saturated rings. The first kappa shape index (κ1) is 21.8. The molecule has 152 valence electrons. The molecule has 1 aromatic carbocycles. The molecule has 2 rings (SSSR count). The lowest BCUT2D eigenvalue weighted by Crippen LogP contribution is -2.43. The second kappa shape index (κ2) is 10.7. The number of halogens is 1. The van der Waals surface area contributed by atoms with Crippen molar-refractivity contribution in [2.75, 3.05) is 34.4 Å². The van der Waals surface area contributed by atoms with Gasteiger partial charge in [-0.25, -0.2) is 0 Å². The Morgan fingerprint density at radius 2 is 2.04 bits per heavy atom. The molecule has 1 unspecified atom stereocenters. The molecule has 27 heavy (non-hydrogen) atoms. The van der Waals surface area contributed by atoms with E-state index < -0.39 is 5.91 Å². The van der Waals surface area contributed by atoms with Crippen molar-refractivity contribution in [3.05, 3.63) is 22.7 Å². The van der Waals surface area contributed by atoms with Crippen LogP contribution in [0.4, 0.5) is 0 Å². The summed E-state index contributed by atoms with van der Waals surface area (Å²) in [5.74, 6) is 1.03. The van der Waals surface area contributed by atoms with Crippen LogP contribution >= 0.6 is 11.6 Å². The predicted octanol–water partition coefficient (Wildman–Crippen LogP) is 2.81. The van der Waals surface area contributed by atoms with Crippen molar-refractivity contribution in [1.82, 2.24) is 10.2 Å². The highest BCUT2D eigenvalue weighted by Gasteiger charge is 2.25. The van der Waals surface area contributed by atoms with Gasteiger partial charge in [0.25, 0.3) is 5.91 Å². The van der Waals surface area contributed by atoms with Gasteiger partial charge in [-0.2, -0.15) is 0 Å². The molecule has 1 aliphatic rings. The average Bonchev–Trinajstić information content (AvgIpc) is 2.64. The molecule has 1 aromatic rings. The van der Waals surface area contributed by atoms with E-state index >= 15 is 0 Å². The van der Waals surface area contributed by atoms with Gasteiger partial charge in [0.05, 0.1) is 12.1 Å². The maximum atomic E-state index is 10.9. The standard InChI is InChI=1S/C20H32ClN3O3/c1-24(2)17(15-7-5-4-6-8-15)12-23-11-14-9-16(21)20(18(10-14)26-3)27-13-19(22)25/h9-10,15,17,23H,4-8,11-13H2,1-3H3,(H2,22,25). The van der Waals surface area contributed by atoms with Crippen molar-refractivity contribution in [2.24, 2.45) is 11.7 Å². The third-order valence-electron chi connectivity index (χ3n) is 5.19. The fourth-order valence-corrected chi connectivity index (χ4v) is 4.10. The van der Waals surface area contributed by atoms with E-state index in [0.29, 0.717) is 29.1 Å². The highest BCUT2D eigenvalue weighted by atomic mass is 35.5. The molecule has 0 aliphatic heterocycles.